The van der Waals surface area contributed by atoms with E-state index < -0.39 is 0 Å². The average Bonchev–Trinajstić information content (AvgIpc) is 3.81. The zero-order chi connectivity index (χ0) is 45.4. The van der Waals surface area contributed by atoms with Gasteiger partial charge in [0.15, 0.2) is 17.5 Å². The van der Waals surface area contributed by atoms with Crippen molar-refractivity contribution < 1.29 is 4.42 Å². The number of hydrogen-bond acceptors (Lipinski definition) is 5. The van der Waals surface area contributed by atoms with E-state index in [1.807, 2.05) is 30.3 Å². The van der Waals surface area contributed by atoms with Gasteiger partial charge < -0.3 is 4.42 Å². The van der Waals surface area contributed by atoms with Crippen molar-refractivity contribution in [1.29, 1.82) is 0 Å². The molecule has 14 aromatic rings. The number of rotatable bonds is 6. The van der Waals surface area contributed by atoms with Crippen molar-refractivity contribution >= 4 is 75.9 Å². The van der Waals surface area contributed by atoms with Gasteiger partial charge in [-0.15, -0.1) is 0 Å². The van der Waals surface area contributed by atoms with Gasteiger partial charge in [-0.2, -0.15) is 0 Å². The van der Waals surface area contributed by atoms with Crippen molar-refractivity contribution in [2.75, 3.05) is 0 Å². The minimum atomic E-state index is 0.599. The van der Waals surface area contributed by atoms with Gasteiger partial charge in [0, 0.05) is 54.7 Å². The van der Waals surface area contributed by atoms with Crippen molar-refractivity contribution in [2.24, 2.45) is 0 Å². The normalized spacial score (nSPS) is 11.8. The zero-order valence-corrected chi connectivity index (χ0v) is 37.1. The number of para-hydroxylation sites is 2. The van der Waals surface area contributed by atoms with E-state index in [2.05, 4.69) is 200 Å². The lowest BCUT2D eigenvalue weighted by Crippen LogP contribution is -2.00. The number of pyridine rings is 1. The molecule has 0 saturated heterocycles. The number of hydrogen-bond donors (Lipinski definition) is 0. The highest BCUT2D eigenvalue weighted by Gasteiger charge is 2.23. The third-order valence-electron chi connectivity index (χ3n) is 13.7. The number of nitrogens with zero attached hydrogens (tertiary/aromatic N) is 4. The Morgan fingerprint density at radius 2 is 0.696 bits per heavy atom. The van der Waals surface area contributed by atoms with Crippen LogP contribution in [0.15, 0.2) is 235 Å². The first-order valence-corrected chi connectivity index (χ1v) is 23.3. The van der Waals surface area contributed by atoms with E-state index in [0.29, 0.717) is 17.5 Å². The van der Waals surface area contributed by atoms with Crippen LogP contribution in [0.25, 0.3) is 144 Å². The van der Waals surface area contributed by atoms with Gasteiger partial charge in [0.2, 0.25) is 0 Å². The maximum absolute atomic E-state index is 6.72. The lowest BCUT2D eigenvalue weighted by atomic mass is 9.89. The van der Waals surface area contributed by atoms with Crippen LogP contribution >= 0.6 is 0 Å². The molecule has 0 aliphatic rings. The molecule has 14 rings (SSSR count). The average molecular weight is 879 g/mol. The molecule has 0 radical (unpaired) electrons. The Morgan fingerprint density at radius 3 is 1.36 bits per heavy atom. The Kier molecular flexibility index (Phi) is 8.83. The topological polar surface area (TPSA) is 64.7 Å². The van der Waals surface area contributed by atoms with Gasteiger partial charge in [-0.3, -0.25) is 0 Å². The smallest absolute Gasteiger partial charge is 0.164 e. The molecule has 3 heterocycles. The van der Waals surface area contributed by atoms with Crippen molar-refractivity contribution in [2.45, 2.75) is 0 Å². The maximum Gasteiger partial charge on any atom is 0.164 e. The number of aromatic nitrogens is 4. The molecule has 69 heavy (non-hydrogen) atoms. The predicted molar refractivity (Wildman–Crippen MR) is 285 cm³/mol. The van der Waals surface area contributed by atoms with E-state index in [1.165, 1.54) is 32.5 Å². The molecule has 0 aliphatic carbocycles. The van der Waals surface area contributed by atoms with Crippen molar-refractivity contribution in [3.05, 3.63) is 231 Å². The number of benzene rings is 11. The Hall–Kier alpha value is -9.32. The summed E-state index contributed by atoms with van der Waals surface area (Å²) in [5, 5.41) is 12.6. The monoisotopic (exact) mass is 878 g/mol. The van der Waals surface area contributed by atoms with Crippen molar-refractivity contribution in [3.8, 4) is 67.7 Å². The second kappa shape index (κ2) is 15.7. The van der Waals surface area contributed by atoms with Crippen LogP contribution in [0, 0.1) is 0 Å². The van der Waals surface area contributed by atoms with Crippen LogP contribution < -0.4 is 0 Å². The van der Waals surface area contributed by atoms with Gasteiger partial charge in [-0.05, 0) is 73.3 Å². The van der Waals surface area contributed by atoms with Gasteiger partial charge >= 0.3 is 0 Å². The Balaban J connectivity index is 0.961. The number of fused-ring (bicyclic) bond motifs is 12. The first-order valence-electron chi connectivity index (χ1n) is 23.3. The van der Waals surface area contributed by atoms with E-state index in [9.17, 15) is 0 Å². The summed E-state index contributed by atoms with van der Waals surface area (Å²) >= 11 is 0. The van der Waals surface area contributed by atoms with Crippen LogP contribution in [0.3, 0.4) is 0 Å². The lowest BCUT2D eigenvalue weighted by Gasteiger charge is -2.16. The quantitative estimate of drug-likeness (QED) is 0.156. The Morgan fingerprint density at radius 1 is 0.246 bits per heavy atom. The van der Waals surface area contributed by atoms with Crippen LogP contribution in [-0.2, 0) is 0 Å². The van der Waals surface area contributed by atoms with Crippen LogP contribution in [0.4, 0.5) is 0 Å². The van der Waals surface area contributed by atoms with Crippen LogP contribution in [0.2, 0.25) is 0 Å². The van der Waals surface area contributed by atoms with E-state index in [-0.39, 0.29) is 0 Å². The summed E-state index contributed by atoms with van der Waals surface area (Å²) in [5.74, 6) is 1.83. The van der Waals surface area contributed by atoms with Gasteiger partial charge in [0.05, 0.1) is 11.2 Å². The zero-order valence-electron chi connectivity index (χ0n) is 37.1. The molecule has 0 fully saturated rings. The third-order valence-corrected chi connectivity index (χ3v) is 13.7. The fourth-order valence-corrected chi connectivity index (χ4v) is 10.5. The second-order valence-electron chi connectivity index (χ2n) is 17.7. The molecule has 0 unspecified atom stereocenters. The molecule has 0 atom stereocenters. The van der Waals surface area contributed by atoms with Crippen molar-refractivity contribution in [1.82, 2.24) is 19.9 Å². The second-order valence-corrected chi connectivity index (χ2v) is 17.7. The summed E-state index contributed by atoms with van der Waals surface area (Å²) in [5.41, 5.74) is 11.7. The molecular weight excluding hydrogens is 841 g/mol. The molecule has 0 bridgehead atoms. The minimum Gasteiger partial charge on any atom is -0.456 e. The molecule has 5 nitrogen and oxygen atoms in total. The van der Waals surface area contributed by atoms with Crippen LogP contribution in [0.5, 0.6) is 0 Å². The fourth-order valence-electron chi connectivity index (χ4n) is 10.5. The fraction of sp³-hybridized carbons (Fsp3) is 0. The summed E-state index contributed by atoms with van der Waals surface area (Å²) in [6, 6.07) is 81.0. The first kappa shape index (κ1) is 38.9. The maximum atomic E-state index is 6.72. The van der Waals surface area contributed by atoms with E-state index in [0.717, 1.165) is 93.6 Å². The summed E-state index contributed by atoms with van der Waals surface area (Å²) in [4.78, 5) is 20.9. The molecule has 320 valence electrons. The lowest BCUT2D eigenvalue weighted by molar-refractivity contribution is 0.669. The van der Waals surface area contributed by atoms with Gasteiger partial charge in [0.25, 0.3) is 0 Å². The Labute approximate surface area is 396 Å². The SMILES string of the molecule is c1ccc(-c2ccc(-c3nc4ccccc4c4c(-c5ccc(-c6nc(-c7ccccc7)nc(-c7ccc8c9ccccc9c9ccccc9c8c7)n6)cc5)c5c(cc34)oc3ccccc35)cc2)cc1. The largest absolute Gasteiger partial charge is 0.456 e. The highest BCUT2D eigenvalue weighted by Crippen LogP contribution is 2.47. The molecule has 0 saturated carbocycles. The highest BCUT2D eigenvalue weighted by molar-refractivity contribution is 6.28. The Bertz CT molecular complexity index is 4300. The molecule has 0 aliphatic heterocycles. The van der Waals surface area contributed by atoms with Gasteiger partial charge in [-0.1, -0.05) is 206 Å². The standard InChI is InChI=1S/C64H38N4O/c1-3-15-39(16-4-1)40-27-31-42(32-28-40)61-54-38-57-60(52-24-12-14-26-56(52)69-57)58(59(54)51-23-11-13-25-55(51)65-61)41-29-33-44(34-30-41)63-66-62(43-17-5-2-6-18-43)67-64(68-63)45-35-36-50-48-21-8-7-19-46(48)47-20-9-10-22-49(47)53(50)37-45/h1-38H. The van der Waals surface area contributed by atoms with E-state index in [4.69, 9.17) is 24.4 Å². The first-order chi connectivity index (χ1) is 34.2. The third kappa shape index (κ3) is 6.40. The van der Waals surface area contributed by atoms with Crippen molar-refractivity contribution in [3.63, 3.8) is 0 Å². The molecule has 0 N–H and O–H groups in total. The van der Waals surface area contributed by atoms with Crippen LogP contribution in [0.1, 0.15) is 0 Å². The molecule has 0 amide bonds. The summed E-state index contributed by atoms with van der Waals surface area (Å²) in [6.45, 7) is 0. The van der Waals surface area contributed by atoms with E-state index >= 15 is 0 Å². The number of furan rings is 1. The molecular formula is C64H38N4O. The summed E-state index contributed by atoms with van der Waals surface area (Å²) in [6.07, 6.45) is 0. The van der Waals surface area contributed by atoms with Gasteiger partial charge in [0.1, 0.15) is 11.2 Å². The predicted octanol–water partition coefficient (Wildman–Crippen LogP) is 16.9. The molecule has 11 aromatic carbocycles. The molecule has 5 heteroatoms. The summed E-state index contributed by atoms with van der Waals surface area (Å²) in [7, 11) is 0. The minimum absolute atomic E-state index is 0.599. The molecule has 3 aromatic heterocycles. The van der Waals surface area contributed by atoms with Crippen LogP contribution in [-0.4, -0.2) is 19.9 Å². The van der Waals surface area contributed by atoms with E-state index in [1.54, 1.807) is 0 Å². The highest BCUT2D eigenvalue weighted by atomic mass is 16.3. The van der Waals surface area contributed by atoms with Gasteiger partial charge in [-0.25, -0.2) is 19.9 Å². The summed E-state index contributed by atoms with van der Waals surface area (Å²) < 4.78 is 6.72. The molecule has 0 spiro atoms.